The Balaban J connectivity index is 1.63. The van der Waals surface area contributed by atoms with Crippen LogP contribution in [0, 0.1) is 0 Å². The lowest BCUT2D eigenvalue weighted by Gasteiger charge is -2.05. The molecule has 0 spiro atoms. The number of aryl methyl sites for hydroxylation is 1. The van der Waals surface area contributed by atoms with Crippen LogP contribution in [-0.2, 0) is 18.5 Å². The van der Waals surface area contributed by atoms with Crippen molar-refractivity contribution in [2.24, 2.45) is 12.2 Å². The number of oxime groups is 1. The van der Waals surface area contributed by atoms with E-state index in [4.69, 9.17) is 44.7 Å². The van der Waals surface area contributed by atoms with Crippen LogP contribution in [0.3, 0.4) is 0 Å². The minimum absolute atomic E-state index is 0.229. The van der Waals surface area contributed by atoms with Crippen molar-refractivity contribution in [3.8, 4) is 11.3 Å². The van der Waals surface area contributed by atoms with Gasteiger partial charge < -0.3 is 4.84 Å². The Hall–Kier alpha value is -2.44. The van der Waals surface area contributed by atoms with E-state index in [9.17, 15) is 0 Å². The number of nitrogens with zero attached hydrogens (tertiary/aromatic N) is 3. The molecule has 32 heavy (non-hydrogen) atoms. The second-order valence-electron chi connectivity index (χ2n) is 6.86. The van der Waals surface area contributed by atoms with Crippen molar-refractivity contribution in [3.05, 3.63) is 99.0 Å². The van der Waals surface area contributed by atoms with Crippen molar-refractivity contribution in [1.29, 1.82) is 0 Å². The van der Waals surface area contributed by atoms with Gasteiger partial charge in [0.05, 0.1) is 11.8 Å². The lowest BCUT2D eigenvalue weighted by Crippen LogP contribution is -1.94. The van der Waals surface area contributed by atoms with Gasteiger partial charge in [0, 0.05) is 38.1 Å². The van der Waals surface area contributed by atoms with Crippen LogP contribution in [0.25, 0.3) is 11.3 Å². The van der Waals surface area contributed by atoms with E-state index in [1.807, 2.05) is 72.4 Å². The predicted molar refractivity (Wildman–Crippen MR) is 133 cm³/mol. The van der Waals surface area contributed by atoms with E-state index in [-0.39, 0.29) is 6.61 Å². The molecule has 0 aliphatic carbocycles. The molecular weight excluding hydrogens is 485 g/mol. The fourth-order valence-electron chi connectivity index (χ4n) is 3.02. The third-order valence-electron chi connectivity index (χ3n) is 4.60. The SMILES string of the molecule is Cn1nc(-c2ccccc2)c(/C=N\OCc2ccc(Cl)cc2Cl)c1Sc1ccc(Cl)cc1. The zero-order chi connectivity index (χ0) is 22.5. The second-order valence-corrected chi connectivity index (χ2v) is 9.20. The van der Waals surface area contributed by atoms with Gasteiger partial charge >= 0.3 is 0 Å². The van der Waals surface area contributed by atoms with E-state index in [0.717, 1.165) is 32.3 Å². The molecule has 0 saturated heterocycles. The predicted octanol–water partition coefficient (Wildman–Crippen LogP) is 7.75. The number of halogens is 3. The molecule has 1 aromatic heterocycles. The number of hydrogen-bond donors (Lipinski definition) is 0. The van der Waals surface area contributed by atoms with Gasteiger partial charge in [-0.1, -0.05) is 88.1 Å². The largest absolute Gasteiger partial charge is 0.391 e. The fourth-order valence-corrected chi connectivity index (χ4v) is 4.54. The van der Waals surface area contributed by atoms with E-state index < -0.39 is 0 Å². The average Bonchev–Trinajstić information content (AvgIpc) is 3.10. The highest BCUT2D eigenvalue weighted by molar-refractivity contribution is 7.99. The molecule has 0 unspecified atom stereocenters. The van der Waals surface area contributed by atoms with Crippen LogP contribution < -0.4 is 0 Å². The lowest BCUT2D eigenvalue weighted by atomic mass is 10.1. The number of hydrogen-bond acceptors (Lipinski definition) is 4. The van der Waals surface area contributed by atoms with Crippen molar-refractivity contribution in [3.63, 3.8) is 0 Å². The van der Waals surface area contributed by atoms with Gasteiger partial charge in [-0.05, 0) is 36.4 Å². The van der Waals surface area contributed by atoms with E-state index in [1.54, 1.807) is 30.1 Å². The Bertz CT molecular complexity index is 1240. The molecule has 0 aliphatic heterocycles. The molecule has 1 heterocycles. The summed E-state index contributed by atoms with van der Waals surface area (Å²) in [7, 11) is 1.91. The number of rotatable bonds is 7. The highest BCUT2D eigenvalue weighted by atomic mass is 35.5. The van der Waals surface area contributed by atoms with E-state index in [1.165, 1.54) is 0 Å². The van der Waals surface area contributed by atoms with Crippen molar-refractivity contribution in [1.82, 2.24) is 9.78 Å². The van der Waals surface area contributed by atoms with Crippen molar-refractivity contribution in [2.75, 3.05) is 0 Å². The minimum atomic E-state index is 0.229. The molecule has 3 aromatic carbocycles. The first-order valence-corrected chi connectivity index (χ1v) is 11.6. The Morgan fingerprint density at radius 1 is 0.969 bits per heavy atom. The van der Waals surface area contributed by atoms with Crippen LogP contribution in [0.4, 0.5) is 0 Å². The van der Waals surface area contributed by atoms with Gasteiger partial charge in [0.2, 0.25) is 0 Å². The third-order valence-corrected chi connectivity index (χ3v) is 6.62. The summed E-state index contributed by atoms with van der Waals surface area (Å²) in [6.45, 7) is 0.229. The van der Waals surface area contributed by atoms with Crippen molar-refractivity contribution in [2.45, 2.75) is 16.5 Å². The summed E-state index contributed by atoms with van der Waals surface area (Å²) in [6, 6.07) is 22.9. The Labute approximate surface area is 205 Å². The van der Waals surface area contributed by atoms with Crippen LogP contribution in [0.2, 0.25) is 15.1 Å². The Kier molecular flexibility index (Phi) is 7.43. The molecule has 0 bridgehead atoms. The molecule has 162 valence electrons. The molecule has 0 atom stereocenters. The van der Waals surface area contributed by atoms with E-state index in [0.29, 0.717) is 15.1 Å². The fraction of sp³-hybridized carbons (Fsp3) is 0.0833. The molecule has 4 nitrogen and oxygen atoms in total. The highest BCUT2D eigenvalue weighted by Gasteiger charge is 2.17. The average molecular weight is 503 g/mol. The first-order valence-electron chi connectivity index (χ1n) is 9.66. The van der Waals surface area contributed by atoms with Gasteiger partial charge in [0.1, 0.15) is 17.3 Å². The van der Waals surface area contributed by atoms with Crippen LogP contribution in [-0.4, -0.2) is 16.0 Å². The van der Waals surface area contributed by atoms with Gasteiger partial charge in [0.15, 0.2) is 0 Å². The van der Waals surface area contributed by atoms with Crippen LogP contribution in [0.15, 0.2) is 87.9 Å². The zero-order valence-electron chi connectivity index (χ0n) is 17.0. The summed E-state index contributed by atoms with van der Waals surface area (Å²) < 4.78 is 1.85. The molecule has 4 rings (SSSR count). The topological polar surface area (TPSA) is 39.4 Å². The minimum Gasteiger partial charge on any atom is -0.391 e. The van der Waals surface area contributed by atoms with Gasteiger partial charge in [-0.2, -0.15) is 5.10 Å². The maximum Gasteiger partial charge on any atom is 0.143 e. The molecule has 0 fully saturated rings. The first kappa shape index (κ1) is 22.7. The number of aromatic nitrogens is 2. The van der Waals surface area contributed by atoms with Gasteiger partial charge in [-0.15, -0.1) is 0 Å². The quantitative estimate of drug-likeness (QED) is 0.191. The molecular formula is C24H18Cl3N3OS. The smallest absolute Gasteiger partial charge is 0.143 e. The molecule has 8 heteroatoms. The van der Waals surface area contributed by atoms with Gasteiger partial charge in [0.25, 0.3) is 0 Å². The van der Waals surface area contributed by atoms with Crippen LogP contribution in [0.5, 0.6) is 0 Å². The highest BCUT2D eigenvalue weighted by Crippen LogP contribution is 2.35. The maximum absolute atomic E-state index is 6.22. The van der Waals surface area contributed by atoms with E-state index >= 15 is 0 Å². The molecule has 0 aliphatic rings. The summed E-state index contributed by atoms with van der Waals surface area (Å²) >= 11 is 19.8. The Morgan fingerprint density at radius 3 is 2.41 bits per heavy atom. The molecule has 0 N–H and O–H groups in total. The monoisotopic (exact) mass is 501 g/mol. The third kappa shape index (κ3) is 5.48. The van der Waals surface area contributed by atoms with E-state index in [2.05, 4.69) is 5.16 Å². The molecule has 0 radical (unpaired) electrons. The first-order chi connectivity index (χ1) is 15.5. The molecule has 0 amide bonds. The van der Waals surface area contributed by atoms with Gasteiger partial charge in [-0.25, -0.2) is 0 Å². The lowest BCUT2D eigenvalue weighted by molar-refractivity contribution is 0.132. The second kappa shape index (κ2) is 10.5. The van der Waals surface area contributed by atoms with Gasteiger partial charge in [-0.3, -0.25) is 4.68 Å². The zero-order valence-corrected chi connectivity index (χ0v) is 20.1. The van der Waals surface area contributed by atoms with Crippen LogP contribution in [0.1, 0.15) is 11.1 Å². The summed E-state index contributed by atoms with van der Waals surface area (Å²) in [5.41, 5.74) is 3.48. The normalized spacial score (nSPS) is 11.2. The standard InChI is InChI=1S/C24H18Cl3N3OS/c1-30-24(32-20-11-9-18(25)10-12-20)21(23(29-30)16-5-3-2-4-6-16)14-28-31-15-17-7-8-19(26)13-22(17)27/h2-14H,15H2,1H3/b28-14-. The summed E-state index contributed by atoms with van der Waals surface area (Å²) in [5, 5.41) is 11.7. The number of benzene rings is 3. The van der Waals surface area contributed by atoms with Crippen LogP contribution >= 0.6 is 46.6 Å². The maximum atomic E-state index is 6.22. The summed E-state index contributed by atoms with van der Waals surface area (Å²) in [5.74, 6) is 0. The van der Waals surface area contributed by atoms with Crippen molar-refractivity contribution < 1.29 is 4.84 Å². The van der Waals surface area contributed by atoms with Crippen molar-refractivity contribution >= 4 is 52.8 Å². The summed E-state index contributed by atoms with van der Waals surface area (Å²) in [4.78, 5) is 6.59. The Morgan fingerprint density at radius 2 is 1.69 bits per heavy atom. The molecule has 4 aromatic rings. The molecule has 0 saturated carbocycles. The summed E-state index contributed by atoms with van der Waals surface area (Å²) in [6.07, 6.45) is 1.69.